The van der Waals surface area contributed by atoms with E-state index in [9.17, 15) is 18.3 Å². The molecule has 0 radical (unpaired) electrons. The van der Waals surface area contributed by atoms with Gasteiger partial charge in [0.1, 0.15) is 22.4 Å². The molecule has 2 saturated heterocycles. The van der Waals surface area contributed by atoms with Crippen LogP contribution in [0.2, 0.25) is 5.02 Å². The van der Waals surface area contributed by atoms with Crippen LogP contribution in [0.4, 0.5) is 0 Å². The summed E-state index contributed by atoms with van der Waals surface area (Å²) < 4.78 is 40.8. The monoisotopic (exact) mass is 625 g/mol. The minimum absolute atomic E-state index is 0.0171. The molecule has 3 aliphatic rings. The molecular weight excluding hydrogens is 590 g/mol. The molecule has 3 aromatic rings. The number of nitrogens with one attached hydrogen (secondary N) is 1. The fraction of sp³-hybridized carbons (Fsp3) is 0.406. The Morgan fingerprint density at radius 3 is 2.58 bits per heavy atom. The van der Waals surface area contributed by atoms with Crippen molar-refractivity contribution in [1.82, 2.24) is 14.5 Å². The Labute approximate surface area is 257 Å². The topological polar surface area (TPSA) is 108 Å². The molecule has 3 aromatic carbocycles. The Morgan fingerprint density at radius 2 is 1.81 bits per heavy atom. The summed E-state index contributed by atoms with van der Waals surface area (Å²) in [6, 6.07) is 19.3. The first-order valence-corrected chi connectivity index (χ1v) is 16.4. The molecule has 0 aliphatic carbocycles. The number of hydrogen-bond acceptors (Lipinski definition) is 7. The smallest absolute Gasteiger partial charge is 0.247 e. The van der Waals surface area contributed by atoms with Gasteiger partial charge in [0.15, 0.2) is 0 Å². The van der Waals surface area contributed by atoms with Gasteiger partial charge in [0.25, 0.3) is 0 Å². The van der Waals surface area contributed by atoms with E-state index in [0.717, 1.165) is 39.1 Å². The zero-order valence-electron chi connectivity index (χ0n) is 24.0. The molecule has 3 heterocycles. The SMILES string of the molecule is COc1cccc(-c2ccc3c(c2)OCCC2(CCN(Cc4ccccc4Cl)CC2)NC(=O)[C@@H]2C[C@@H](O)CN2S3(=O)=O)c1. The van der Waals surface area contributed by atoms with Crippen molar-refractivity contribution in [3.05, 3.63) is 77.3 Å². The van der Waals surface area contributed by atoms with E-state index in [4.69, 9.17) is 21.1 Å². The molecule has 43 heavy (non-hydrogen) atoms. The molecule has 2 N–H and O–H groups in total. The molecule has 2 fully saturated rings. The number of likely N-dealkylation sites (tertiary alicyclic amines) is 1. The van der Waals surface area contributed by atoms with E-state index in [-0.39, 0.29) is 36.1 Å². The summed E-state index contributed by atoms with van der Waals surface area (Å²) in [6.45, 7) is 2.24. The van der Waals surface area contributed by atoms with E-state index in [2.05, 4.69) is 10.2 Å². The molecule has 11 heteroatoms. The quantitative estimate of drug-likeness (QED) is 0.450. The van der Waals surface area contributed by atoms with Crippen molar-refractivity contribution in [1.29, 1.82) is 0 Å². The van der Waals surface area contributed by atoms with Gasteiger partial charge in [0, 0.05) is 49.6 Å². The van der Waals surface area contributed by atoms with Gasteiger partial charge in [-0.15, -0.1) is 0 Å². The Morgan fingerprint density at radius 1 is 1.05 bits per heavy atom. The van der Waals surface area contributed by atoms with E-state index in [1.54, 1.807) is 19.2 Å². The molecule has 2 atom stereocenters. The third-order valence-corrected chi connectivity index (χ3v) is 11.1. The number of fused-ring (bicyclic) bond motifs is 2. The number of halogens is 1. The van der Waals surface area contributed by atoms with Gasteiger partial charge in [-0.25, -0.2) is 8.42 Å². The summed E-state index contributed by atoms with van der Waals surface area (Å²) >= 11 is 6.41. The minimum atomic E-state index is -4.16. The Balaban J connectivity index is 1.31. The molecule has 3 aliphatic heterocycles. The van der Waals surface area contributed by atoms with Crippen molar-refractivity contribution < 1.29 is 27.8 Å². The summed E-state index contributed by atoms with van der Waals surface area (Å²) in [5, 5.41) is 14.5. The van der Waals surface area contributed by atoms with Crippen molar-refractivity contribution >= 4 is 27.5 Å². The zero-order chi connectivity index (χ0) is 30.2. The maximum absolute atomic E-state index is 14.0. The van der Waals surface area contributed by atoms with Crippen LogP contribution < -0.4 is 14.8 Å². The molecule has 0 aromatic heterocycles. The highest BCUT2D eigenvalue weighted by molar-refractivity contribution is 7.89. The molecule has 1 spiro atoms. The normalized spacial score (nSPS) is 23.8. The van der Waals surface area contributed by atoms with Crippen LogP contribution in [-0.2, 0) is 21.4 Å². The third kappa shape index (κ3) is 6.12. The van der Waals surface area contributed by atoms with Crippen LogP contribution in [0.25, 0.3) is 11.1 Å². The molecule has 0 unspecified atom stereocenters. The number of hydrogen-bond donors (Lipinski definition) is 2. The van der Waals surface area contributed by atoms with Gasteiger partial charge in [-0.3, -0.25) is 9.69 Å². The van der Waals surface area contributed by atoms with Crippen molar-refractivity contribution in [3.63, 3.8) is 0 Å². The van der Waals surface area contributed by atoms with Crippen LogP contribution >= 0.6 is 11.6 Å². The van der Waals surface area contributed by atoms with Gasteiger partial charge in [-0.2, -0.15) is 4.31 Å². The van der Waals surface area contributed by atoms with E-state index >= 15 is 0 Å². The van der Waals surface area contributed by atoms with Gasteiger partial charge in [0.05, 0.1) is 19.8 Å². The zero-order valence-corrected chi connectivity index (χ0v) is 25.6. The van der Waals surface area contributed by atoms with Crippen LogP contribution in [0.5, 0.6) is 11.5 Å². The largest absolute Gasteiger partial charge is 0.497 e. The number of carbonyl (C=O) groups excluding carboxylic acids is 1. The van der Waals surface area contributed by atoms with Crippen LogP contribution in [0.3, 0.4) is 0 Å². The number of aliphatic hydroxyl groups is 1. The molecule has 0 saturated carbocycles. The number of sulfonamides is 1. The highest BCUT2D eigenvalue weighted by Crippen LogP contribution is 2.38. The number of benzene rings is 3. The lowest BCUT2D eigenvalue weighted by Crippen LogP contribution is -2.59. The molecule has 6 rings (SSSR count). The third-order valence-electron chi connectivity index (χ3n) is 8.86. The molecule has 228 valence electrons. The number of carbonyl (C=O) groups is 1. The van der Waals surface area contributed by atoms with Gasteiger partial charge < -0.3 is 19.9 Å². The molecule has 1 amide bonds. The van der Waals surface area contributed by atoms with E-state index in [1.807, 2.05) is 48.5 Å². The average Bonchev–Trinajstić information content (AvgIpc) is 3.41. The molecular formula is C32H36ClN3O6S. The van der Waals surface area contributed by atoms with Crippen LogP contribution in [0, 0.1) is 0 Å². The number of amides is 1. The Kier molecular flexibility index (Phi) is 8.41. The second-order valence-electron chi connectivity index (χ2n) is 11.6. The number of nitrogens with zero attached hydrogens (tertiary/aromatic N) is 2. The van der Waals surface area contributed by atoms with Crippen molar-refractivity contribution in [3.8, 4) is 22.6 Å². The predicted molar refractivity (Wildman–Crippen MR) is 164 cm³/mol. The number of rotatable bonds is 4. The average molecular weight is 626 g/mol. The van der Waals surface area contributed by atoms with Gasteiger partial charge in [-0.1, -0.05) is 48.0 Å². The maximum atomic E-state index is 14.0. The lowest BCUT2D eigenvalue weighted by Gasteiger charge is -2.43. The first kappa shape index (κ1) is 29.9. The second-order valence-corrected chi connectivity index (χ2v) is 13.9. The molecule has 9 nitrogen and oxygen atoms in total. The number of piperidine rings is 1. The summed E-state index contributed by atoms with van der Waals surface area (Å²) in [5.41, 5.74) is 2.11. The van der Waals surface area contributed by atoms with Crippen molar-refractivity contribution in [2.24, 2.45) is 0 Å². The summed E-state index contributed by atoms with van der Waals surface area (Å²) in [4.78, 5) is 16.0. The number of methoxy groups -OCH3 is 1. The Hall–Kier alpha value is -3.15. The highest BCUT2D eigenvalue weighted by atomic mass is 35.5. The van der Waals surface area contributed by atoms with Crippen molar-refractivity contribution in [2.45, 2.75) is 54.8 Å². The standard InChI is InChI=1S/C32H36ClN3O6S/c1-41-26-7-4-6-22(17-26)23-9-10-30-29(18-23)42-16-13-32(34-31(38)28-19-25(37)21-36(28)43(30,39)40)11-14-35(15-12-32)20-24-5-2-3-8-27(24)33/h2-10,17-18,25,28,37H,11-16,19-21H2,1H3,(H,34,38)/t25-,28+/m1/s1. The summed E-state index contributed by atoms with van der Waals surface area (Å²) in [7, 11) is -2.57. The van der Waals surface area contributed by atoms with Crippen LogP contribution in [0.1, 0.15) is 31.2 Å². The molecule has 0 bridgehead atoms. The first-order valence-electron chi connectivity index (χ1n) is 14.6. The lowest BCUT2D eigenvalue weighted by atomic mass is 9.84. The Bertz CT molecular complexity index is 1610. The fourth-order valence-corrected chi connectivity index (χ4v) is 8.32. The first-order chi connectivity index (χ1) is 20.7. The van der Waals surface area contributed by atoms with E-state index in [0.29, 0.717) is 31.6 Å². The fourth-order valence-electron chi connectivity index (χ4n) is 6.38. The lowest BCUT2D eigenvalue weighted by molar-refractivity contribution is -0.127. The predicted octanol–water partition coefficient (Wildman–Crippen LogP) is 4.07. The van der Waals surface area contributed by atoms with Crippen LogP contribution in [-0.4, -0.2) is 79.7 Å². The summed E-state index contributed by atoms with van der Waals surface area (Å²) in [6.07, 6.45) is 0.952. The van der Waals surface area contributed by atoms with Crippen molar-refractivity contribution in [2.75, 3.05) is 33.4 Å². The van der Waals surface area contributed by atoms with E-state index < -0.39 is 27.7 Å². The van der Waals surface area contributed by atoms with Gasteiger partial charge in [-0.05, 0) is 59.9 Å². The minimum Gasteiger partial charge on any atom is -0.497 e. The highest BCUT2D eigenvalue weighted by Gasteiger charge is 2.47. The number of ether oxygens (including phenoxy) is 2. The van der Waals surface area contributed by atoms with Crippen LogP contribution in [0.15, 0.2) is 71.6 Å². The summed E-state index contributed by atoms with van der Waals surface area (Å²) in [5.74, 6) is 0.529. The van der Waals surface area contributed by atoms with Gasteiger partial charge >= 0.3 is 0 Å². The second kappa shape index (κ2) is 12.1. The van der Waals surface area contributed by atoms with E-state index in [1.165, 1.54) is 6.07 Å². The maximum Gasteiger partial charge on any atom is 0.247 e. The number of aliphatic hydroxyl groups excluding tert-OH is 1. The van der Waals surface area contributed by atoms with Gasteiger partial charge in [0.2, 0.25) is 15.9 Å².